The van der Waals surface area contributed by atoms with Gasteiger partial charge in [-0.15, -0.1) is 0 Å². The zero-order valence-electron chi connectivity index (χ0n) is 9.14. The number of aromatic nitrogens is 3. The Morgan fingerprint density at radius 2 is 1.94 bits per heavy atom. The molecule has 0 aliphatic rings. The quantitative estimate of drug-likeness (QED) is 0.823. The van der Waals surface area contributed by atoms with Gasteiger partial charge < -0.3 is 5.32 Å². The monoisotopic (exact) mass is 232 g/mol. The number of aryl methyl sites for hydroxylation is 1. The van der Waals surface area contributed by atoms with Gasteiger partial charge in [-0.1, -0.05) is 11.8 Å². The minimum absolute atomic E-state index is 0.767. The molecule has 0 unspecified atom stereocenters. The van der Waals surface area contributed by atoms with Crippen LogP contribution in [0.2, 0.25) is 0 Å². The Labute approximate surface area is 98.6 Å². The molecule has 0 amide bonds. The Hall–Kier alpha value is -1.62. The summed E-state index contributed by atoms with van der Waals surface area (Å²) in [6, 6.07) is 5.85. The van der Waals surface area contributed by atoms with E-state index in [0.29, 0.717) is 0 Å². The van der Waals surface area contributed by atoms with Crippen molar-refractivity contribution < 1.29 is 0 Å². The van der Waals surface area contributed by atoms with E-state index in [9.17, 15) is 0 Å². The maximum absolute atomic E-state index is 4.37. The third-order valence-corrected chi connectivity index (χ3v) is 2.87. The van der Waals surface area contributed by atoms with Gasteiger partial charge in [-0.25, -0.2) is 9.97 Å². The highest BCUT2D eigenvalue weighted by molar-refractivity contribution is 7.99. The fourth-order valence-electron chi connectivity index (χ4n) is 1.25. The molecule has 0 atom stereocenters. The number of hydrogen-bond donors (Lipinski definition) is 1. The summed E-state index contributed by atoms with van der Waals surface area (Å²) in [4.78, 5) is 13.7. The summed E-state index contributed by atoms with van der Waals surface area (Å²) in [5.74, 6) is 1.60. The molecule has 0 fully saturated rings. The predicted octanol–water partition coefficient (Wildman–Crippen LogP) is 2.37. The van der Waals surface area contributed by atoms with Crippen molar-refractivity contribution in [3.05, 3.63) is 36.4 Å². The minimum Gasteiger partial charge on any atom is -0.373 e. The third-order valence-electron chi connectivity index (χ3n) is 1.94. The van der Waals surface area contributed by atoms with E-state index in [0.717, 1.165) is 21.6 Å². The molecule has 0 aromatic carbocycles. The maximum Gasteiger partial charge on any atom is 0.130 e. The van der Waals surface area contributed by atoms with E-state index in [1.807, 2.05) is 32.2 Å². The predicted molar refractivity (Wildman–Crippen MR) is 64.7 cm³/mol. The minimum atomic E-state index is 0.767. The number of nitrogens with one attached hydrogen (secondary N) is 1. The van der Waals surface area contributed by atoms with Crippen LogP contribution < -0.4 is 5.32 Å². The van der Waals surface area contributed by atoms with Crippen molar-refractivity contribution >= 4 is 17.6 Å². The molecule has 2 aromatic heterocycles. The van der Waals surface area contributed by atoms with Crippen molar-refractivity contribution in [3.63, 3.8) is 0 Å². The van der Waals surface area contributed by atoms with Crippen molar-refractivity contribution in [1.29, 1.82) is 0 Å². The highest BCUT2D eigenvalue weighted by Crippen LogP contribution is 2.26. The Bertz CT molecular complexity index is 473. The third kappa shape index (κ3) is 2.70. The van der Waals surface area contributed by atoms with E-state index in [4.69, 9.17) is 0 Å². The first-order valence-electron chi connectivity index (χ1n) is 4.89. The Kier molecular flexibility index (Phi) is 3.36. The summed E-state index contributed by atoms with van der Waals surface area (Å²) in [5.41, 5.74) is 0. The van der Waals surface area contributed by atoms with E-state index < -0.39 is 0 Å². The highest BCUT2D eigenvalue weighted by Gasteiger charge is 2.02. The normalized spacial score (nSPS) is 10.1. The van der Waals surface area contributed by atoms with Crippen LogP contribution in [0.1, 0.15) is 5.82 Å². The lowest BCUT2D eigenvalue weighted by atomic mass is 10.5. The van der Waals surface area contributed by atoms with Crippen molar-refractivity contribution in [2.24, 2.45) is 0 Å². The fraction of sp³-hybridized carbons (Fsp3) is 0.182. The zero-order valence-corrected chi connectivity index (χ0v) is 9.95. The maximum atomic E-state index is 4.37. The summed E-state index contributed by atoms with van der Waals surface area (Å²) in [6.45, 7) is 1.89. The number of pyridine rings is 1. The molecule has 5 heteroatoms. The van der Waals surface area contributed by atoms with Gasteiger partial charge >= 0.3 is 0 Å². The lowest BCUT2D eigenvalue weighted by Crippen LogP contribution is -1.97. The van der Waals surface area contributed by atoms with Crippen LogP contribution in [-0.2, 0) is 0 Å². The van der Waals surface area contributed by atoms with Gasteiger partial charge in [0.25, 0.3) is 0 Å². The molecule has 2 rings (SSSR count). The summed E-state index contributed by atoms with van der Waals surface area (Å²) < 4.78 is 0. The van der Waals surface area contributed by atoms with E-state index in [1.165, 1.54) is 0 Å². The molecule has 0 radical (unpaired) electrons. The number of nitrogens with zero attached hydrogens (tertiary/aromatic N) is 3. The molecule has 0 spiro atoms. The SMILES string of the molecule is CNc1cc(Sc2ccncc2)nc(C)n1. The lowest BCUT2D eigenvalue weighted by Gasteiger charge is -2.04. The summed E-state index contributed by atoms with van der Waals surface area (Å²) in [7, 11) is 1.85. The van der Waals surface area contributed by atoms with Crippen LogP contribution in [0.15, 0.2) is 40.5 Å². The molecule has 0 aliphatic heterocycles. The van der Waals surface area contributed by atoms with Crippen molar-refractivity contribution in [2.75, 3.05) is 12.4 Å². The second kappa shape index (κ2) is 4.94. The zero-order chi connectivity index (χ0) is 11.4. The van der Waals surface area contributed by atoms with Gasteiger partial charge in [-0.3, -0.25) is 4.98 Å². The molecule has 1 N–H and O–H groups in total. The molecule has 0 saturated heterocycles. The topological polar surface area (TPSA) is 50.7 Å². The van der Waals surface area contributed by atoms with Crippen molar-refractivity contribution in [1.82, 2.24) is 15.0 Å². The van der Waals surface area contributed by atoms with Crippen LogP contribution in [0.4, 0.5) is 5.82 Å². The summed E-state index contributed by atoms with van der Waals surface area (Å²) in [5, 5.41) is 3.95. The van der Waals surface area contributed by atoms with Gasteiger partial charge in [0.05, 0.1) is 0 Å². The average molecular weight is 232 g/mol. The highest BCUT2D eigenvalue weighted by atomic mass is 32.2. The van der Waals surface area contributed by atoms with Gasteiger partial charge in [0.2, 0.25) is 0 Å². The molecule has 0 saturated carbocycles. The number of rotatable bonds is 3. The van der Waals surface area contributed by atoms with Crippen LogP contribution >= 0.6 is 11.8 Å². The molecular formula is C11H12N4S. The van der Waals surface area contributed by atoms with Crippen molar-refractivity contribution in [3.8, 4) is 0 Å². The molecule has 2 heterocycles. The molecule has 82 valence electrons. The Balaban J connectivity index is 2.24. The fourth-order valence-corrected chi connectivity index (χ4v) is 2.10. The Morgan fingerprint density at radius 3 is 2.62 bits per heavy atom. The molecule has 0 bridgehead atoms. The van der Waals surface area contributed by atoms with E-state index in [2.05, 4.69) is 20.3 Å². The molecule has 0 aliphatic carbocycles. The lowest BCUT2D eigenvalue weighted by molar-refractivity contribution is 0.969. The van der Waals surface area contributed by atoms with E-state index in [-0.39, 0.29) is 0 Å². The van der Waals surface area contributed by atoms with Crippen LogP contribution in [0.3, 0.4) is 0 Å². The first-order valence-corrected chi connectivity index (χ1v) is 5.71. The van der Waals surface area contributed by atoms with Gasteiger partial charge in [0.15, 0.2) is 0 Å². The van der Waals surface area contributed by atoms with Crippen LogP contribution in [0.5, 0.6) is 0 Å². The van der Waals surface area contributed by atoms with Gasteiger partial charge in [-0.2, -0.15) is 0 Å². The summed E-state index contributed by atoms with van der Waals surface area (Å²) >= 11 is 1.60. The van der Waals surface area contributed by atoms with Gasteiger partial charge in [0.1, 0.15) is 16.7 Å². The number of hydrogen-bond acceptors (Lipinski definition) is 5. The summed E-state index contributed by atoms with van der Waals surface area (Å²) in [6.07, 6.45) is 3.55. The first kappa shape index (κ1) is 10.9. The number of anilines is 1. The second-order valence-electron chi connectivity index (χ2n) is 3.17. The van der Waals surface area contributed by atoms with E-state index in [1.54, 1.807) is 24.2 Å². The standard InChI is InChI=1S/C11H12N4S/c1-8-14-10(12-2)7-11(15-8)16-9-3-5-13-6-4-9/h3-7H,1-2H3,(H,12,14,15). The van der Waals surface area contributed by atoms with Crippen molar-refractivity contribution in [2.45, 2.75) is 16.8 Å². The average Bonchev–Trinajstić information content (AvgIpc) is 2.29. The van der Waals surface area contributed by atoms with E-state index >= 15 is 0 Å². The van der Waals surface area contributed by atoms with Crippen LogP contribution in [0.25, 0.3) is 0 Å². The smallest absolute Gasteiger partial charge is 0.130 e. The van der Waals surface area contributed by atoms with Crippen LogP contribution in [0, 0.1) is 6.92 Å². The largest absolute Gasteiger partial charge is 0.373 e. The van der Waals surface area contributed by atoms with Gasteiger partial charge in [0, 0.05) is 30.4 Å². The molecular weight excluding hydrogens is 220 g/mol. The van der Waals surface area contributed by atoms with Crippen LogP contribution in [-0.4, -0.2) is 22.0 Å². The second-order valence-corrected chi connectivity index (χ2v) is 4.27. The molecule has 4 nitrogen and oxygen atoms in total. The first-order chi connectivity index (χ1) is 7.78. The Morgan fingerprint density at radius 1 is 1.19 bits per heavy atom. The molecule has 2 aromatic rings. The van der Waals surface area contributed by atoms with Gasteiger partial charge in [-0.05, 0) is 19.1 Å². The molecule has 16 heavy (non-hydrogen) atoms.